The van der Waals surface area contributed by atoms with E-state index in [9.17, 15) is 8.42 Å². The molecule has 0 aliphatic carbocycles. The average Bonchev–Trinajstić information content (AvgIpc) is 2.40. The van der Waals surface area contributed by atoms with E-state index < -0.39 is 9.05 Å². The Bertz CT molecular complexity index is 692. The average molecular weight is 377 g/mol. The first-order valence-corrected chi connectivity index (χ1v) is 8.84. The molecule has 0 aliphatic rings. The summed E-state index contributed by atoms with van der Waals surface area (Å²) in [4.78, 5) is 4.12. The van der Waals surface area contributed by atoms with Gasteiger partial charge >= 0.3 is 0 Å². The Hall–Kier alpha value is -1.11. The van der Waals surface area contributed by atoms with Gasteiger partial charge < -0.3 is 4.74 Å². The molecule has 1 aromatic heterocycles. The van der Waals surface area contributed by atoms with Gasteiger partial charge in [0.1, 0.15) is 10.6 Å². The molecule has 106 valence electrons. The summed E-state index contributed by atoms with van der Waals surface area (Å²) in [7, 11) is 1.54. The summed E-state index contributed by atoms with van der Waals surface area (Å²) >= 11 is 3.21. The van der Waals surface area contributed by atoms with Crippen molar-refractivity contribution >= 4 is 35.7 Å². The quantitative estimate of drug-likeness (QED) is 0.751. The van der Waals surface area contributed by atoms with E-state index in [1.54, 1.807) is 18.3 Å². The SMILES string of the molecule is O=S(=O)(Cl)c1cc(Br)ccc1OCCc1ccccn1. The summed E-state index contributed by atoms with van der Waals surface area (Å²) in [5.74, 6) is 0.235. The minimum atomic E-state index is -3.85. The van der Waals surface area contributed by atoms with Gasteiger partial charge in [-0.3, -0.25) is 4.98 Å². The molecule has 0 amide bonds. The fraction of sp³-hybridized carbons (Fsp3) is 0.154. The minimum Gasteiger partial charge on any atom is -0.492 e. The van der Waals surface area contributed by atoms with Gasteiger partial charge in [-0.25, -0.2) is 8.42 Å². The predicted molar refractivity (Wildman–Crippen MR) is 80.6 cm³/mol. The molecule has 0 spiro atoms. The second kappa shape index (κ2) is 6.56. The van der Waals surface area contributed by atoms with Gasteiger partial charge in [0.15, 0.2) is 0 Å². The molecule has 0 atom stereocenters. The number of hydrogen-bond acceptors (Lipinski definition) is 4. The minimum absolute atomic E-state index is 0.0467. The second-order valence-corrected chi connectivity index (χ2v) is 7.40. The normalized spacial score (nSPS) is 11.3. The van der Waals surface area contributed by atoms with Crippen LogP contribution in [0, 0.1) is 0 Å². The number of rotatable bonds is 5. The van der Waals surface area contributed by atoms with Crippen LogP contribution in [-0.4, -0.2) is 20.0 Å². The molecule has 2 rings (SSSR count). The van der Waals surface area contributed by atoms with Crippen molar-refractivity contribution in [2.45, 2.75) is 11.3 Å². The summed E-state index contributed by atoms with van der Waals surface area (Å²) in [6.45, 7) is 0.318. The van der Waals surface area contributed by atoms with Gasteiger partial charge in [-0.15, -0.1) is 0 Å². The molecule has 1 aromatic carbocycles. The van der Waals surface area contributed by atoms with E-state index in [4.69, 9.17) is 15.4 Å². The molecule has 0 radical (unpaired) electrons. The van der Waals surface area contributed by atoms with Crippen LogP contribution in [0.2, 0.25) is 0 Å². The van der Waals surface area contributed by atoms with Crippen LogP contribution in [0.4, 0.5) is 0 Å². The first kappa shape index (κ1) is 15.3. The highest BCUT2D eigenvalue weighted by Gasteiger charge is 2.17. The van der Waals surface area contributed by atoms with Crippen LogP contribution in [0.5, 0.6) is 5.75 Å². The van der Waals surface area contributed by atoms with Gasteiger partial charge in [-0.2, -0.15) is 0 Å². The molecule has 4 nitrogen and oxygen atoms in total. The van der Waals surface area contributed by atoms with Gasteiger partial charge in [0.25, 0.3) is 9.05 Å². The fourth-order valence-corrected chi connectivity index (χ4v) is 3.11. The first-order chi connectivity index (χ1) is 9.47. The van der Waals surface area contributed by atoms with Crippen molar-refractivity contribution in [3.05, 3.63) is 52.8 Å². The molecule has 0 saturated heterocycles. The summed E-state index contributed by atoms with van der Waals surface area (Å²) in [6.07, 6.45) is 2.28. The Kier molecular flexibility index (Phi) is 5.01. The highest BCUT2D eigenvalue weighted by Crippen LogP contribution is 2.30. The van der Waals surface area contributed by atoms with Gasteiger partial charge in [0, 0.05) is 33.5 Å². The largest absolute Gasteiger partial charge is 0.492 e. The van der Waals surface area contributed by atoms with Crippen molar-refractivity contribution in [2.24, 2.45) is 0 Å². The Morgan fingerprint density at radius 3 is 2.70 bits per heavy atom. The number of hydrogen-bond donors (Lipinski definition) is 0. The van der Waals surface area contributed by atoms with Crippen LogP contribution in [0.15, 0.2) is 52.0 Å². The van der Waals surface area contributed by atoms with Crippen molar-refractivity contribution in [1.82, 2.24) is 4.98 Å². The molecule has 0 unspecified atom stereocenters. The standard InChI is InChI=1S/C13H11BrClNO3S/c14-10-4-5-12(13(9-10)20(15,17)18)19-8-6-11-3-1-2-7-16-11/h1-5,7,9H,6,8H2. The number of aromatic nitrogens is 1. The fourth-order valence-electron chi connectivity index (χ4n) is 1.60. The number of nitrogens with zero attached hydrogens (tertiary/aromatic N) is 1. The van der Waals surface area contributed by atoms with E-state index in [0.29, 0.717) is 17.5 Å². The van der Waals surface area contributed by atoms with Crippen LogP contribution in [0.25, 0.3) is 0 Å². The number of pyridine rings is 1. The maximum Gasteiger partial charge on any atom is 0.265 e. The van der Waals surface area contributed by atoms with E-state index >= 15 is 0 Å². The lowest BCUT2D eigenvalue weighted by atomic mass is 10.3. The summed E-state index contributed by atoms with van der Waals surface area (Å²) in [6, 6.07) is 10.3. The lowest BCUT2D eigenvalue weighted by Gasteiger charge is -2.09. The summed E-state index contributed by atoms with van der Waals surface area (Å²) < 4.78 is 29.1. The maximum absolute atomic E-state index is 11.5. The van der Waals surface area contributed by atoms with Crippen LogP contribution in [0.1, 0.15) is 5.69 Å². The van der Waals surface area contributed by atoms with Crippen molar-refractivity contribution in [3.63, 3.8) is 0 Å². The monoisotopic (exact) mass is 375 g/mol. The first-order valence-electron chi connectivity index (χ1n) is 5.74. The molecule has 20 heavy (non-hydrogen) atoms. The summed E-state index contributed by atoms with van der Waals surface area (Å²) in [5.41, 5.74) is 0.875. The van der Waals surface area contributed by atoms with E-state index in [0.717, 1.165) is 5.69 Å². The zero-order valence-electron chi connectivity index (χ0n) is 10.3. The highest BCUT2D eigenvalue weighted by molar-refractivity contribution is 9.10. The van der Waals surface area contributed by atoms with E-state index in [1.807, 2.05) is 18.2 Å². The molecule has 0 bridgehead atoms. The Morgan fingerprint density at radius 2 is 2.05 bits per heavy atom. The van der Waals surface area contributed by atoms with Crippen molar-refractivity contribution in [2.75, 3.05) is 6.61 Å². The van der Waals surface area contributed by atoms with E-state index in [2.05, 4.69) is 20.9 Å². The van der Waals surface area contributed by atoms with Gasteiger partial charge in [0.05, 0.1) is 6.61 Å². The second-order valence-electron chi connectivity index (χ2n) is 3.95. The molecule has 1 heterocycles. The van der Waals surface area contributed by atoms with Crippen LogP contribution in [-0.2, 0) is 15.5 Å². The lowest BCUT2D eigenvalue weighted by molar-refractivity contribution is 0.312. The van der Waals surface area contributed by atoms with Crippen molar-refractivity contribution < 1.29 is 13.2 Å². The topological polar surface area (TPSA) is 56.3 Å². The third-order valence-corrected chi connectivity index (χ3v) is 4.35. The van der Waals surface area contributed by atoms with E-state index in [1.165, 1.54) is 6.07 Å². The van der Waals surface area contributed by atoms with Crippen LogP contribution in [0.3, 0.4) is 0 Å². The van der Waals surface area contributed by atoms with E-state index in [-0.39, 0.29) is 10.6 Å². The number of halogens is 2. The van der Waals surface area contributed by atoms with Crippen molar-refractivity contribution in [3.8, 4) is 5.75 Å². The van der Waals surface area contributed by atoms with Gasteiger partial charge in [0.2, 0.25) is 0 Å². The predicted octanol–water partition coefficient (Wildman–Crippen LogP) is 3.39. The Morgan fingerprint density at radius 1 is 1.25 bits per heavy atom. The molecule has 2 aromatic rings. The third kappa shape index (κ3) is 4.19. The molecular weight excluding hydrogens is 366 g/mol. The molecular formula is C13H11BrClNO3S. The Balaban J connectivity index is 2.10. The number of ether oxygens (including phenoxy) is 1. The molecule has 0 saturated carbocycles. The van der Waals surface area contributed by atoms with Crippen LogP contribution >= 0.6 is 26.6 Å². The molecule has 0 fully saturated rings. The van der Waals surface area contributed by atoms with Gasteiger partial charge in [-0.1, -0.05) is 22.0 Å². The molecule has 7 heteroatoms. The van der Waals surface area contributed by atoms with Crippen molar-refractivity contribution in [1.29, 1.82) is 0 Å². The third-order valence-electron chi connectivity index (χ3n) is 2.51. The lowest BCUT2D eigenvalue weighted by Crippen LogP contribution is -2.05. The zero-order valence-corrected chi connectivity index (χ0v) is 13.5. The molecule has 0 aliphatic heterocycles. The highest BCUT2D eigenvalue weighted by atomic mass is 79.9. The van der Waals surface area contributed by atoms with Gasteiger partial charge in [-0.05, 0) is 30.3 Å². The smallest absolute Gasteiger partial charge is 0.265 e. The Labute approximate surface area is 130 Å². The number of benzene rings is 1. The molecule has 0 N–H and O–H groups in total. The summed E-state index contributed by atoms with van der Waals surface area (Å²) in [5, 5.41) is 0. The van der Waals surface area contributed by atoms with Crippen LogP contribution < -0.4 is 4.74 Å². The zero-order chi connectivity index (χ0) is 14.6. The maximum atomic E-state index is 11.5.